The Hall–Kier alpha value is -3.44. The molecule has 3 rings (SSSR count). The van der Waals surface area contributed by atoms with Crippen LogP contribution in [0.25, 0.3) is 0 Å². The number of sulfonamides is 1. The normalized spacial score (nSPS) is 11.9. The van der Waals surface area contributed by atoms with Crippen LogP contribution in [-0.2, 0) is 26.2 Å². The molecular formula is C27H29BrFN3O5S. The molecule has 1 N–H and O–H groups in total. The molecule has 8 nitrogen and oxygen atoms in total. The summed E-state index contributed by atoms with van der Waals surface area (Å²) in [6, 6.07) is 16.9. The molecule has 0 spiro atoms. The van der Waals surface area contributed by atoms with Crippen LogP contribution in [0.1, 0.15) is 19.4 Å². The molecule has 1 atom stereocenters. The van der Waals surface area contributed by atoms with Gasteiger partial charge in [0.15, 0.2) is 0 Å². The third-order valence-electron chi connectivity index (χ3n) is 5.80. The van der Waals surface area contributed by atoms with Crippen LogP contribution in [-0.4, -0.2) is 51.4 Å². The lowest BCUT2D eigenvalue weighted by molar-refractivity contribution is -0.139. The third-order valence-corrected chi connectivity index (χ3v) is 8.08. The number of amides is 2. The van der Waals surface area contributed by atoms with E-state index in [0.29, 0.717) is 12.3 Å². The zero-order chi connectivity index (χ0) is 27.9. The minimum absolute atomic E-state index is 0.0659. The van der Waals surface area contributed by atoms with Crippen molar-refractivity contribution in [1.29, 1.82) is 0 Å². The number of halogens is 2. The van der Waals surface area contributed by atoms with Crippen LogP contribution in [0.15, 0.2) is 82.2 Å². The number of carbonyl (C=O) groups is 2. The quantitative estimate of drug-likeness (QED) is 0.351. The van der Waals surface area contributed by atoms with Gasteiger partial charge in [0.2, 0.25) is 11.8 Å². The first-order valence-corrected chi connectivity index (χ1v) is 14.0. The van der Waals surface area contributed by atoms with Gasteiger partial charge in [-0.25, -0.2) is 12.8 Å². The summed E-state index contributed by atoms with van der Waals surface area (Å²) in [6.45, 7) is 3.17. The lowest BCUT2D eigenvalue weighted by Gasteiger charge is -2.32. The molecule has 0 radical (unpaired) electrons. The fourth-order valence-corrected chi connectivity index (χ4v) is 5.61. The standard InChI is InChI=1S/C27H29BrFN3O5S/c1-4-30-27(34)19(2)31(17-20-6-5-7-21(28)16-20)26(33)18-32(23-10-8-22(29)9-11-23)38(35,36)25-14-12-24(37-3)13-15-25/h5-16,19H,4,17-18H2,1-3H3,(H,30,34)/t19-/m0/s1. The van der Waals surface area contributed by atoms with Crippen molar-refractivity contribution in [3.63, 3.8) is 0 Å². The molecule has 11 heteroatoms. The van der Waals surface area contributed by atoms with Crippen LogP contribution in [0.2, 0.25) is 0 Å². The summed E-state index contributed by atoms with van der Waals surface area (Å²) in [7, 11) is -2.80. The number of hydrogen-bond donors (Lipinski definition) is 1. The van der Waals surface area contributed by atoms with E-state index >= 15 is 0 Å². The molecule has 202 valence electrons. The molecule has 0 saturated heterocycles. The van der Waals surface area contributed by atoms with Crippen molar-refractivity contribution in [2.24, 2.45) is 0 Å². The largest absolute Gasteiger partial charge is 0.497 e. The second-order valence-corrected chi connectivity index (χ2v) is 11.2. The number of methoxy groups -OCH3 is 1. The number of anilines is 1. The predicted octanol–water partition coefficient (Wildman–Crippen LogP) is 4.35. The lowest BCUT2D eigenvalue weighted by Crippen LogP contribution is -2.51. The smallest absolute Gasteiger partial charge is 0.264 e. The van der Waals surface area contributed by atoms with Gasteiger partial charge in [0.25, 0.3) is 10.0 Å². The van der Waals surface area contributed by atoms with Crippen LogP contribution in [0.4, 0.5) is 10.1 Å². The number of ether oxygens (including phenoxy) is 1. The summed E-state index contributed by atoms with van der Waals surface area (Å²) < 4.78 is 47.9. The van der Waals surface area contributed by atoms with Gasteiger partial charge >= 0.3 is 0 Å². The Balaban J connectivity index is 2.02. The molecule has 0 aliphatic heterocycles. The molecule has 0 unspecified atom stereocenters. The monoisotopic (exact) mass is 605 g/mol. The van der Waals surface area contributed by atoms with Gasteiger partial charge in [0.1, 0.15) is 24.2 Å². The van der Waals surface area contributed by atoms with Crippen molar-refractivity contribution in [1.82, 2.24) is 10.2 Å². The number of likely N-dealkylation sites (N-methyl/N-ethyl adjacent to an activating group) is 1. The average molecular weight is 607 g/mol. The van der Waals surface area contributed by atoms with E-state index in [-0.39, 0.29) is 23.0 Å². The number of carbonyl (C=O) groups excluding carboxylic acids is 2. The van der Waals surface area contributed by atoms with Crippen molar-refractivity contribution in [2.75, 3.05) is 24.5 Å². The second-order valence-electron chi connectivity index (χ2n) is 8.39. The van der Waals surface area contributed by atoms with Crippen molar-refractivity contribution in [2.45, 2.75) is 31.3 Å². The molecular weight excluding hydrogens is 577 g/mol. The molecule has 0 aliphatic carbocycles. The Kier molecular flexibility index (Phi) is 9.87. The van der Waals surface area contributed by atoms with Gasteiger partial charge in [-0.2, -0.15) is 0 Å². The molecule has 0 bridgehead atoms. The number of nitrogens with one attached hydrogen (secondary N) is 1. The first kappa shape index (κ1) is 29.1. The Morgan fingerprint density at radius 1 is 1.05 bits per heavy atom. The van der Waals surface area contributed by atoms with Crippen molar-refractivity contribution in [3.8, 4) is 5.75 Å². The van der Waals surface area contributed by atoms with Gasteiger partial charge < -0.3 is 15.0 Å². The second kappa shape index (κ2) is 12.9. The average Bonchev–Trinajstić information content (AvgIpc) is 2.90. The maximum atomic E-state index is 13.7. The summed E-state index contributed by atoms with van der Waals surface area (Å²) in [5, 5.41) is 2.71. The molecule has 3 aromatic rings. The highest BCUT2D eigenvalue weighted by Crippen LogP contribution is 2.26. The van der Waals surface area contributed by atoms with E-state index in [1.54, 1.807) is 26.0 Å². The molecule has 0 aromatic heterocycles. The fraction of sp³-hybridized carbons (Fsp3) is 0.259. The van der Waals surface area contributed by atoms with E-state index < -0.39 is 34.3 Å². The van der Waals surface area contributed by atoms with E-state index in [2.05, 4.69) is 21.2 Å². The maximum Gasteiger partial charge on any atom is 0.264 e. The predicted molar refractivity (Wildman–Crippen MR) is 147 cm³/mol. The van der Waals surface area contributed by atoms with Gasteiger partial charge in [-0.1, -0.05) is 28.1 Å². The Morgan fingerprint density at radius 3 is 2.29 bits per heavy atom. The van der Waals surface area contributed by atoms with Crippen LogP contribution in [0.3, 0.4) is 0 Å². The first-order valence-electron chi connectivity index (χ1n) is 11.8. The molecule has 0 aliphatic rings. The zero-order valence-corrected chi connectivity index (χ0v) is 23.6. The summed E-state index contributed by atoms with van der Waals surface area (Å²) in [5.41, 5.74) is 0.846. The maximum absolute atomic E-state index is 13.7. The van der Waals surface area contributed by atoms with Crippen LogP contribution in [0, 0.1) is 5.82 Å². The Morgan fingerprint density at radius 2 is 1.71 bits per heavy atom. The van der Waals surface area contributed by atoms with Gasteiger partial charge in [0.05, 0.1) is 17.7 Å². The number of hydrogen-bond acceptors (Lipinski definition) is 5. The van der Waals surface area contributed by atoms with Crippen molar-refractivity contribution >= 4 is 43.5 Å². The highest BCUT2D eigenvalue weighted by molar-refractivity contribution is 9.10. The van der Waals surface area contributed by atoms with Gasteiger partial charge in [-0.3, -0.25) is 13.9 Å². The fourth-order valence-electron chi connectivity index (χ4n) is 3.75. The summed E-state index contributed by atoms with van der Waals surface area (Å²) in [4.78, 5) is 27.7. The summed E-state index contributed by atoms with van der Waals surface area (Å²) in [6.07, 6.45) is 0. The molecule has 0 fully saturated rings. The van der Waals surface area contributed by atoms with E-state index in [4.69, 9.17) is 4.74 Å². The zero-order valence-electron chi connectivity index (χ0n) is 21.2. The SMILES string of the molecule is CCNC(=O)[C@H](C)N(Cc1cccc(Br)c1)C(=O)CN(c1ccc(F)cc1)S(=O)(=O)c1ccc(OC)cc1. The first-order chi connectivity index (χ1) is 18.1. The lowest BCUT2D eigenvalue weighted by atomic mass is 10.1. The Bertz CT molecular complexity index is 1370. The molecule has 0 heterocycles. The Labute approximate surface area is 230 Å². The number of benzene rings is 3. The number of rotatable bonds is 11. The molecule has 0 saturated carbocycles. The topological polar surface area (TPSA) is 96.0 Å². The summed E-state index contributed by atoms with van der Waals surface area (Å²) in [5.74, 6) is -1.07. The minimum atomic E-state index is -4.26. The van der Waals surface area contributed by atoms with E-state index in [9.17, 15) is 22.4 Å². The van der Waals surface area contributed by atoms with E-state index in [1.165, 1.54) is 48.4 Å². The van der Waals surface area contributed by atoms with Gasteiger partial charge in [0, 0.05) is 17.6 Å². The van der Waals surface area contributed by atoms with Crippen molar-refractivity contribution < 1.29 is 27.1 Å². The molecule has 3 aromatic carbocycles. The van der Waals surface area contributed by atoms with Crippen LogP contribution in [0.5, 0.6) is 5.75 Å². The highest BCUT2D eigenvalue weighted by Gasteiger charge is 2.32. The van der Waals surface area contributed by atoms with E-state index in [1.807, 2.05) is 12.1 Å². The van der Waals surface area contributed by atoms with Gasteiger partial charge in [-0.15, -0.1) is 0 Å². The minimum Gasteiger partial charge on any atom is -0.497 e. The van der Waals surface area contributed by atoms with Crippen molar-refractivity contribution in [3.05, 3.63) is 88.6 Å². The summed E-state index contributed by atoms with van der Waals surface area (Å²) >= 11 is 3.41. The van der Waals surface area contributed by atoms with Crippen LogP contribution >= 0.6 is 15.9 Å². The molecule has 2 amide bonds. The van der Waals surface area contributed by atoms with Gasteiger partial charge in [-0.05, 0) is 80.1 Å². The molecule has 38 heavy (non-hydrogen) atoms. The third kappa shape index (κ3) is 7.11. The van der Waals surface area contributed by atoms with E-state index in [0.717, 1.165) is 26.5 Å². The van der Waals surface area contributed by atoms with Crippen LogP contribution < -0.4 is 14.4 Å². The number of nitrogens with zero attached hydrogens (tertiary/aromatic N) is 2. The highest BCUT2D eigenvalue weighted by atomic mass is 79.9.